The molecule has 0 aromatic rings. The molecule has 5 nitrogen and oxygen atoms in total. The molecule has 0 saturated heterocycles. The van der Waals surface area contributed by atoms with Crippen molar-refractivity contribution in [1.82, 2.24) is 0 Å². The van der Waals surface area contributed by atoms with Crippen LogP contribution in [0.15, 0.2) is 0 Å². The van der Waals surface area contributed by atoms with Crippen LogP contribution in [0.5, 0.6) is 0 Å². The van der Waals surface area contributed by atoms with Gasteiger partial charge in [0.05, 0.1) is 80.9 Å². The van der Waals surface area contributed by atoms with Crippen molar-refractivity contribution in [1.29, 1.82) is 0 Å². The summed E-state index contributed by atoms with van der Waals surface area (Å²) in [4.78, 5) is 0. The highest BCUT2D eigenvalue weighted by Gasteiger charge is 2.15. The van der Waals surface area contributed by atoms with Crippen molar-refractivity contribution >= 4 is 0 Å². The molecule has 53 heavy (non-hydrogen) atoms. The van der Waals surface area contributed by atoms with E-state index in [1.165, 1.54) is 219 Å². The number of quaternary nitrogens is 2. The molecule has 0 saturated carbocycles. The second kappa shape index (κ2) is 41.4. The van der Waals surface area contributed by atoms with Crippen molar-refractivity contribution in [3.05, 3.63) is 0 Å². The third kappa shape index (κ3) is 44.4. The average Bonchev–Trinajstić information content (AvgIpc) is 3.13. The van der Waals surface area contributed by atoms with Gasteiger partial charge in [-0.3, -0.25) is 0 Å². The third-order valence-electron chi connectivity index (χ3n) is 11.7. The third-order valence-corrected chi connectivity index (χ3v) is 11.7. The molecule has 0 aromatic carbocycles. The fourth-order valence-electron chi connectivity index (χ4n) is 7.56. The van der Waals surface area contributed by atoms with Gasteiger partial charge in [0.1, 0.15) is 13.1 Å². The maximum Gasteiger partial charge on any atom is 0.102 e. The predicted octanol–water partition coefficient (Wildman–Crippen LogP) is 13.7. The minimum Gasteiger partial charge on any atom is -0.377 e. The monoisotopic (exact) mass is 755 g/mol. The van der Waals surface area contributed by atoms with E-state index in [-0.39, 0.29) is 0 Å². The Labute approximate surface area is 335 Å². The summed E-state index contributed by atoms with van der Waals surface area (Å²) in [5, 5.41) is 0. The van der Waals surface area contributed by atoms with Crippen molar-refractivity contribution in [2.75, 3.05) is 94.0 Å². The molecule has 0 amide bonds. The maximum absolute atomic E-state index is 5.90. The summed E-state index contributed by atoms with van der Waals surface area (Å²) in [6.45, 7) is 13.6. The van der Waals surface area contributed by atoms with Crippen LogP contribution < -0.4 is 0 Å². The van der Waals surface area contributed by atoms with E-state index in [0.717, 1.165) is 35.3 Å². The zero-order chi connectivity index (χ0) is 38.8. The first-order valence-corrected chi connectivity index (χ1v) is 24.2. The van der Waals surface area contributed by atoms with Crippen molar-refractivity contribution in [2.24, 2.45) is 0 Å². The molecule has 0 N–H and O–H groups in total. The van der Waals surface area contributed by atoms with Crippen molar-refractivity contribution in [2.45, 2.75) is 219 Å². The Bertz CT molecular complexity index is 630. The van der Waals surface area contributed by atoms with E-state index in [0.29, 0.717) is 26.4 Å². The van der Waals surface area contributed by atoms with Crippen LogP contribution in [0.1, 0.15) is 219 Å². The topological polar surface area (TPSA) is 27.7 Å². The number of likely N-dealkylation sites (N-methyl/N-ethyl adjacent to an activating group) is 2. The number of nitrogens with zero attached hydrogens (tertiary/aromatic N) is 2. The molecule has 0 aliphatic rings. The Morgan fingerprint density at radius 2 is 0.415 bits per heavy atom. The van der Waals surface area contributed by atoms with Gasteiger partial charge in [-0.2, -0.15) is 0 Å². The first-order chi connectivity index (χ1) is 25.8. The van der Waals surface area contributed by atoms with E-state index in [1.807, 2.05) is 0 Å². The lowest BCUT2D eigenvalue weighted by Gasteiger charge is -2.29. The fraction of sp³-hybridized carbons (Fsp3) is 1.00. The summed E-state index contributed by atoms with van der Waals surface area (Å²) >= 11 is 0. The van der Waals surface area contributed by atoms with E-state index in [9.17, 15) is 0 Å². The Balaban J connectivity index is 3.40. The van der Waals surface area contributed by atoms with Gasteiger partial charge in [0.2, 0.25) is 0 Å². The van der Waals surface area contributed by atoms with Crippen molar-refractivity contribution < 1.29 is 23.2 Å². The average molecular weight is 755 g/mol. The second-order valence-corrected chi connectivity index (χ2v) is 18.2. The number of ether oxygens (including phenoxy) is 3. The van der Waals surface area contributed by atoms with E-state index >= 15 is 0 Å². The van der Waals surface area contributed by atoms with Gasteiger partial charge in [-0.15, -0.1) is 0 Å². The molecular formula is C48H102N2O3+2. The molecule has 0 aromatic heterocycles. The Morgan fingerprint density at radius 3 is 0.642 bits per heavy atom. The number of unbranched alkanes of at least 4 members (excludes halogenated alkanes) is 30. The number of rotatable bonds is 46. The van der Waals surface area contributed by atoms with Crippen LogP contribution in [0, 0.1) is 0 Å². The number of hydrogen-bond donors (Lipinski definition) is 0. The van der Waals surface area contributed by atoms with Crippen LogP contribution in [0.2, 0.25) is 0 Å². The summed E-state index contributed by atoms with van der Waals surface area (Å²) in [6, 6.07) is 0. The minimum atomic E-state index is 0.663. The minimum absolute atomic E-state index is 0.663. The lowest BCUT2D eigenvalue weighted by Crippen LogP contribution is -2.43. The molecule has 320 valence electrons. The van der Waals surface area contributed by atoms with E-state index < -0.39 is 0 Å². The van der Waals surface area contributed by atoms with Gasteiger partial charge in [-0.05, 0) is 25.7 Å². The van der Waals surface area contributed by atoms with Crippen LogP contribution in [0.3, 0.4) is 0 Å². The normalized spacial score (nSPS) is 12.3. The van der Waals surface area contributed by atoms with Gasteiger partial charge in [-0.25, -0.2) is 0 Å². The largest absolute Gasteiger partial charge is 0.377 e. The Hall–Kier alpha value is -0.200. The second-order valence-electron chi connectivity index (χ2n) is 18.2. The molecule has 0 aliphatic heterocycles. The van der Waals surface area contributed by atoms with Gasteiger partial charge >= 0.3 is 0 Å². The summed E-state index contributed by atoms with van der Waals surface area (Å²) in [7, 11) is 9.40. The van der Waals surface area contributed by atoms with Gasteiger partial charge < -0.3 is 23.2 Å². The van der Waals surface area contributed by atoms with Crippen LogP contribution >= 0.6 is 0 Å². The molecule has 0 bridgehead atoms. The summed E-state index contributed by atoms with van der Waals surface area (Å²) in [6.07, 6.45) is 45.8. The molecule has 0 fully saturated rings. The first kappa shape index (κ1) is 52.8. The van der Waals surface area contributed by atoms with E-state index in [1.54, 1.807) is 0 Å². The molecule has 0 unspecified atom stereocenters. The molecule has 0 aliphatic carbocycles. The molecule has 0 spiro atoms. The molecular weight excluding hydrogens is 653 g/mol. The molecule has 5 heteroatoms. The van der Waals surface area contributed by atoms with Crippen LogP contribution in [0.4, 0.5) is 0 Å². The summed E-state index contributed by atoms with van der Waals surface area (Å²) in [5.41, 5.74) is 0. The summed E-state index contributed by atoms with van der Waals surface area (Å²) in [5.74, 6) is 0. The molecule has 0 atom stereocenters. The van der Waals surface area contributed by atoms with Crippen LogP contribution in [-0.4, -0.2) is 103 Å². The van der Waals surface area contributed by atoms with Crippen molar-refractivity contribution in [3.63, 3.8) is 0 Å². The van der Waals surface area contributed by atoms with E-state index in [4.69, 9.17) is 14.2 Å². The zero-order valence-corrected chi connectivity index (χ0v) is 37.8. The molecule has 0 heterocycles. The quantitative estimate of drug-likeness (QED) is 0.0457. The Kier molecular flexibility index (Phi) is 41.3. The highest BCUT2D eigenvalue weighted by atomic mass is 16.5. The van der Waals surface area contributed by atoms with Crippen LogP contribution in [0.25, 0.3) is 0 Å². The lowest BCUT2D eigenvalue weighted by atomic mass is 10.0. The first-order valence-electron chi connectivity index (χ1n) is 24.2. The predicted molar refractivity (Wildman–Crippen MR) is 235 cm³/mol. The molecule has 0 radical (unpaired) electrons. The SMILES string of the molecule is CCCCCCCCCCCCCCCCCC[N+](C)(C)CCOCCOCCOCC[N+](C)(C)CCCCCCCCCCCCCCCCCC. The van der Waals surface area contributed by atoms with Gasteiger partial charge in [0, 0.05) is 0 Å². The standard InChI is InChI=1S/C48H102N2O3/c1-7-9-11-13-15-17-19-21-23-25-27-29-31-33-35-37-39-49(3,4)41-43-51-45-47-53-48-46-52-44-42-50(5,6)40-38-36-34-32-30-28-26-24-22-20-18-16-14-12-10-8-2/h7-48H2,1-6H3/q+2. The van der Waals surface area contributed by atoms with Crippen LogP contribution in [-0.2, 0) is 14.2 Å². The van der Waals surface area contributed by atoms with Gasteiger partial charge in [0.15, 0.2) is 0 Å². The summed E-state index contributed by atoms with van der Waals surface area (Å²) < 4.78 is 19.7. The zero-order valence-electron chi connectivity index (χ0n) is 37.8. The Morgan fingerprint density at radius 1 is 0.226 bits per heavy atom. The van der Waals surface area contributed by atoms with E-state index in [2.05, 4.69) is 42.0 Å². The van der Waals surface area contributed by atoms with Gasteiger partial charge in [-0.1, -0.05) is 194 Å². The fourth-order valence-corrected chi connectivity index (χ4v) is 7.56. The smallest absolute Gasteiger partial charge is 0.102 e. The lowest BCUT2D eigenvalue weighted by molar-refractivity contribution is -0.891. The number of hydrogen-bond acceptors (Lipinski definition) is 3. The highest BCUT2D eigenvalue weighted by Crippen LogP contribution is 2.16. The maximum atomic E-state index is 5.90. The van der Waals surface area contributed by atoms with Gasteiger partial charge in [0.25, 0.3) is 0 Å². The van der Waals surface area contributed by atoms with Crippen molar-refractivity contribution in [3.8, 4) is 0 Å². The molecule has 0 rings (SSSR count). The highest BCUT2D eigenvalue weighted by molar-refractivity contribution is 4.52.